The molecule has 0 saturated carbocycles. The molecule has 0 fully saturated rings. The molecule has 2 nitrogen and oxygen atoms in total. The van der Waals surface area contributed by atoms with Crippen LogP contribution < -0.4 is 0 Å². The Morgan fingerprint density at radius 3 is 1.95 bits per heavy atom. The van der Waals surface area contributed by atoms with Gasteiger partial charge in [0.05, 0.1) is 11.4 Å². The third-order valence-corrected chi connectivity index (χ3v) is 2.80. The van der Waals surface area contributed by atoms with E-state index in [4.69, 9.17) is 25.5 Å². The van der Waals surface area contributed by atoms with Gasteiger partial charge in [-0.25, -0.2) is 0 Å². The van der Waals surface area contributed by atoms with Gasteiger partial charge >= 0.3 is 43.7 Å². The standard InChI is InChI=1S/C16H12N2.Bi.3ClH/c1-2-7-13(8-3-1)14-9-6-12-18-16(14)15-10-4-5-11-17-15;;;;/h1-12H;;3*1H/q;+3;;;/p-3. The minimum Gasteiger partial charge on any atom is -0.255 e. The SMILES string of the molecule is [Cl][Bi]([Cl])[Cl].c1ccc(-c2cccnc2-c2ccccn2)cc1. The summed E-state index contributed by atoms with van der Waals surface area (Å²) in [5.74, 6) is 0. The number of hydrogen-bond donors (Lipinski definition) is 0. The number of nitrogens with zero attached hydrogens (tertiary/aromatic N) is 2. The summed E-state index contributed by atoms with van der Waals surface area (Å²) in [6.45, 7) is 0. The molecule has 1 aromatic carbocycles. The first-order valence-corrected chi connectivity index (χ1v) is 19.2. The van der Waals surface area contributed by atoms with Crippen molar-refractivity contribution in [1.29, 1.82) is 0 Å². The quantitative estimate of drug-likeness (QED) is 0.396. The maximum absolute atomic E-state index is 5.01. The molecule has 22 heavy (non-hydrogen) atoms. The Kier molecular flexibility index (Phi) is 7.55. The van der Waals surface area contributed by atoms with Crippen LogP contribution >= 0.6 is 25.5 Å². The van der Waals surface area contributed by atoms with Gasteiger partial charge in [0.1, 0.15) is 0 Å². The molecule has 0 spiro atoms. The number of halogens is 3. The van der Waals surface area contributed by atoms with Crippen LogP contribution in [0.4, 0.5) is 0 Å². The van der Waals surface area contributed by atoms with Gasteiger partial charge in [0.2, 0.25) is 0 Å². The van der Waals surface area contributed by atoms with Crippen molar-refractivity contribution in [2.24, 2.45) is 0 Å². The van der Waals surface area contributed by atoms with Crippen LogP contribution in [0.25, 0.3) is 22.5 Å². The molecular formula is C16H12BiCl3N2. The first-order valence-electron chi connectivity index (χ1n) is 6.38. The Morgan fingerprint density at radius 2 is 1.32 bits per heavy atom. The van der Waals surface area contributed by atoms with Crippen LogP contribution in [0.1, 0.15) is 0 Å². The van der Waals surface area contributed by atoms with E-state index >= 15 is 0 Å². The number of aromatic nitrogens is 2. The van der Waals surface area contributed by atoms with Crippen LogP contribution in [0.15, 0.2) is 73.1 Å². The second-order valence-electron chi connectivity index (χ2n) is 4.17. The molecule has 0 aliphatic rings. The van der Waals surface area contributed by atoms with Crippen molar-refractivity contribution in [1.82, 2.24) is 9.97 Å². The van der Waals surface area contributed by atoms with Gasteiger partial charge in [-0.2, -0.15) is 0 Å². The Bertz CT molecular complexity index is 633. The van der Waals surface area contributed by atoms with Crippen molar-refractivity contribution in [3.63, 3.8) is 0 Å². The van der Waals surface area contributed by atoms with Crippen molar-refractivity contribution in [3.8, 4) is 22.5 Å². The molecule has 0 bridgehead atoms. The monoisotopic (exact) mass is 546 g/mol. The van der Waals surface area contributed by atoms with E-state index in [-0.39, 0.29) is 0 Å². The fourth-order valence-corrected chi connectivity index (χ4v) is 1.96. The molecule has 0 amide bonds. The van der Waals surface area contributed by atoms with E-state index in [9.17, 15) is 0 Å². The molecule has 3 rings (SSSR count). The fraction of sp³-hybridized carbons (Fsp3) is 0. The third kappa shape index (κ3) is 5.48. The zero-order valence-electron chi connectivity index (χ0n) is 11.4. The third-order valence-electron chi connectivity index (χ3n) is 2.80. The van der Waals surface area contributed by atoms with Crippen LogP contribution in [0.3, 0.4) is 0 Å². The first kappa shape index (κ1) is 17.6. The average Bonchev–Trinajstić information content (AvgIpc) is 2.56. The zero-order chi connectivity index (χ0) is 15.8. The van der Waals surface area contributed by atoms with Gasteiger partial charge in [-0.1, -0.05) is 42.5 Å². The van der Waals surface area contributed by atoms with E-state index in [1.54, 1.807) is 12.4 Å². The Hall–Kier alpha value is -0.727. The Labute approximate surface area is 148 Å². The van der Waals surface area contributed by atoms with Crippen molar-refractivity contribution in [3.05, 3.63) is 73.1 Å². The van der Waals surface area contributed by atoms with E-state index in [1.165, 1.54) is 0 Å². The van der Waals surface area contributed by atoms with Crippen molar-refractivity contribution < 1.29 is 0 Å². The van der Waals surface area contributed by atoms with Crippen LogP contribution in [0.5, 0.6) is 0 Å². The summed E-state index contributed by atoms with van der Waals surface area (Å²) in [6, 6.07) is 20.2. The topological polar surface area (TPSA) is 25.8 Å². The minimum atomic E-state index is -2.18. The summed E-state index contributed by atoms with van der Waals surface area (Å²) in [6.07, 6.45) is 3.59. The van der Waals surface area contributed by atoms with Gasteiger partial charge in [0, 0.05) is 18.0 Å². The molecular weight excluding hydrogens is 536 g/mol. The second-order valence-corrected chi connectivity index (χ2v) is 19.1. The molecule has 0 atom stereocenters. The Morgan fingerprint density at radius 1 is 0.682 bits per heavy atom. The number of benzene rings is 1. The molecule has 2 heterocycles. The average molecular weight is 548 g/mol. The van der Waals surface area contributed by atoms with Gasteiger partial charge in [-0.05, 0) is 23.8 Å². The summed E-state index contributed by atoms with van der Waals surface area (Å²) in [5, 5.41) is 0. The number of hydrogen-bond acceptors (Lipinski definition) is 2. The van der Waals surface area contributed by atoms with Gasteiger partial charge < -0.3 is 0 Å². The van der Waals surface area contributed by atoms with E-state index in [2.05, 4.69) is 28.2 Å². The predicted octanol–water partition coefficient (Wildman–Crippen LogP) is 5.50. The van der Waals surface area contributed by atoms with Crippen LogP contribution in [-0.2, 0) is 0 Å². The van der Waals surface area contributed by atoms with Gasteiger partial charge in [0.15, 0.2) is 0 Å². The van der Waals surface area contributed by atoms with Crippen molar-refractivity contribution >= 4 is 43.7 Å². The normalized spacial score (nSPS) is 10.0. The maximum atomic E-state index is 5.01. The van der Waals surface area contributed by atoms with E-state index < -0.39 is 18.2 Å². The number of rotatable bonds is 2. The largest absolute Gasteiger partial charge is 0.255 e. The van der Waals surface area contributed by atoms with Crippen LogP contribution in [-0.4, -0.2) is 28.1 Å². The summed E-state index contributed by atoms with van der Waals surface area (Å²) in [5.41, 5.74) is 4.09. The van der Waals surface area contributed by atoms with E-state index in [1.807, 2.05) is 42.5 Å². The van der Waals surface area contributed by atoms with Crippen LogP contribution in [0, 0.1) is 0 Å². The Balaban J connectivity index is 0.000000396. The summed E-state index contributed by atoms with van der Waals surface area (Å²) in [7, 11) is 15.0. The maximum Gasteiger partial charge on any atom is 0.0964 e. The number of pyridine rings is 2. The molecule has 0 radical (unpaired) electrons. The van der Waals surface area contributed by atoms with Crippen LogP contribution in [0.2, 0.25) is 0 Å². The minimum absolute atomic E-state index is 0.900. The van der Waals surface area contributed by atoms with E-state index in [0.29, 0.717) is 0 Å². The van der Waals surface area contributed by atoms with Gasteiger partial charge in [0.25, 0.3) is 0 Å². The van der Waals surface area contributed by atoms with Crippen molar-refractivity contribution in [2.75, 3.05) is 0 Å². The molecule has 0 N–H and O–H groups in total. The van der Waals surface area contributed by atoms with Crippen molar-refractivity contribution in [2.45, 2.75) is 0 Å². The van der Waals surface area contributed by atoms with Gasteiger partial charge in [-0.3, -0.25) is 9.97 Å². The summed E-state index contributed by atoms with van der Waals surface area (Å²) in [4.78, 5) is 8.84. The molecule has 3 aromatic rings. The molecule has 2 aromatic heterocycles. The molecule has 0 saturated heterocycles. The molecule has 6 heteroatoms. The predicted molar refractivity (Wildman–Crippen MR) is 96.2 cm³/mol. The zero-order valence-corrected chi connectivity index (χ0v) is 17.1. The smallest absolute Gasteiger partial charge is 0.0964 e. The molecule has 112 valence electrons. The second kappa shape index (κ2) is 9.42. The van der Waals surface area contributed by atoms with Gasteiger partial charge in [-0.15, -0.1) is 0 Å². The van der Waals surface area contributed by atoms with E-state index in [0.717, 1.165) is 22.5 Å². The fourth-order valence-electron chi connectivity index (χ4n) is 1.96. The summed E-state index contributed by atoms with van der Waals surface area (Å²) < 4.78 is 0. The molecule has 0 aliphatic heterocycles. The molecule has 0 unspecified atom stereocenters. The summed E-state index contributed by atoms with van der Waals surface area (Å²) >= 11 is -2.18. The first-order chi connectivity index (χ1) is 10.7. The molecule has 0 aliphatic carbocycles.